The highest BCUT2D eigenvalue weighted by atomic mass is 16.3. The number of aryl methyl sites for hydroxylation is 1. The van der Waals surface area contributed by atoms with Crippen LogP contribution in [-0.4, -0.2) is 19.6 Å². The minimum absolute atomic E-state index is 0.0818. The first-order valence-corrected chi connectivity index (χ1v) is 23.0. The van der Waals surface area contributed by atoms with Gasteiger partial charge in [-0.2, -0.15) is 0 Å². The highest BCUT2D eigenvalue weighted by Gasteiger charge is 2.29. The zero-order valence-corrected chi connectivity index (χ0v) is 39.1. The van der Waals surface area contributed by atoms with Gasteiger partial charge in [-0.25, -0.2) is 4.98 Å². The Bertz CT molecular complexity index is 3610. The first kappa shape index (κ1) is 39.5. The van der Waals surface area contributed by atoms with Crippen LogP contribution >= 0.6 is 0 Å². The van der Waals surface area contributed by atoms with Crippen molar-refractivity contribution in [1.82, 2.24) is 14.5 Å². The maximum Gasteiger partial charge on any atom is 0.149 e. The standard InChI is InChI=1S/C63H55N3O/c1-41-19-17-26-45(33-41)47-31-32-64-56(38-47)50-35-48(43-22-13-9-14-23-43)34-49(36-50)52-27-18-28-58-59(52)65-61(54-39-51(62(2,3)4)40-55(60(54)67)63(5,6)7)66(58)57-30-29-46(42-20-11-8-12-21-42)37-53(57)44-24-15-10-16-25-44/h8-40,67H,1-7H3/i31D,32D,38D. The van der Waals surface area contributed by atoms with Gasteiger partial charge in [-0.05, 0) is 122 Å². The summed E-state index contributed by atoms with van der Waals surface area (Å²) in [5, 5.41) is 12.6. The first-order valence-electron chi connectivity index (χ1n) is 24.5. The molecule has 1 N–H and O–H groups in total. The minimum Gasteiger partial charge on any atom is -0.507 e. The summed E-state index contributed by atoms with van der Waals surface area (Å²) in [7, 11) is 0. The van der Waals surface area contributed by atoms with Crippen molar-refractivity contribution in [2.45, 2.75) is 59.3 Å². The van der Waals surface area contributed by atoms with Gasteiger partial charge in [0.05, 0.1) is 32.1 Å². The Morgan fingerprint density at radius 2 is 1.10 bits per heavy atom. The van der Waals surface area contributed by atoms with E-state index in [1.807, 2.05) is 73.7 Å². The number of nitrogens with zero attached hydrogens (tertiary/aromatic N) is 3. The Hall–Kier alpha value is -7.82. The molecule has 0 saturated carbocycles. The quantitative estimate of drug-likeness (QED) is 0.165. The van der Waals surface area contributed by atoms with Crippen LogP contribution in [0.1, 0.15) is 62.3 Å². The van der Waals surface area contributed by atoms with Crippen LogP contribution in [0.4, 0.5) is 0 Å². The van der Waals surface area contributed by atoms with Crippen molar-refractivity contribution < 1.29 is 9.22 Å². The summed E-state index contributed by atoms with van der Waals surface area (Å²) in [6, 6.07) is 62.0. The molecular weight excluding hydrogens is 815 g/mol. The van der Waals surface area contributed by atoms with Crippen molar-refractivity contribution >= 4 is 11.0 Å². The molecule has 0 fully saturated rings. The van der Waals surface area contributed by atoms with Crippen LogP contribution in [0.5, 0.6) is 5.75 Å². The third kappa shape index (κ3) is 8.48. The van der Waals surface area contributed by atoms with Crippen molar-refractivity contribution in [3.63, 3.8) is 0 Å². The van der Waals surface area contributed by atoms with E-state index in [1.165, 1.54) is 0 Å². The lowest BCUT2D eigenvalue weighted by molar-refractivity contribution is 0.446. The Labute approximate surface area is 399 Å². The van der Waals surface area contributed by atoms with Crippen LogP contribution in [0.15, 0.2) is 200 Å². The molecule has 0 aliphatic rings. The second-order valence-electron chi connectivity index (χ2n) is 19.6. The maximum atomic E-state index is 12.6. The van der Waals surface area contributed by atoms with E-state index in [2.05, 4.69) is 166 Å². The van der Waals surface area contributed by atoms with E-state index in [0.29, 0.717) is 33.8 Å². The van der Waals surface area contributed by atoms with Gasteiger partial charge >= 0.3 is 0 Å². The molecule has 0 unspecified atom stereocenters. The summed E-state index contributed by atoms with van der Waals surface area (Å²) in [6.07, 6.45) is -0.195. The Balaban J connectivity index is 1.30. The lowest BCUT2D eigenvalue weighted by Gasteiger charge is -2.27. The zero-order chi connectivity index (χ0) is 49.1. The van der Waals surface area contributed by atoms with Gasteiger partial charge in [-0.3, -0.25) is 9.55 Å². The summed E-state index contributed by atoms with van der Waals surface area (Å²) in [5.41, 5.74) is 15.2. The molecule has 4 heteroatoms. The molecule has 2 heterocycles. The van der Waals surface area contributed by atoms with E-state index in [1.54, 1.807) is 0 Å². The highest BCUT2D eigenvalue weighted by molar-refractivity contribution is 5.99. The average Bonchev–Trinajstić information content (AvgIpc) is 3.74. The molecule has 0 bridgehead atoms. The summed E-state index contributed by atoms with van der Waals surface area (Å²) in [6.45, 7) is 15.0. The molecule has 10 aromatic rings. The van der Waals surface area contributed by atoms with Crippen molar-refractivity contribution in [2.75, 3.05) is 0 Å². The molecule has 328 valence electrons. The van der Waals surface area contributed by atoms with Gasteiger partial charge < -0.3 is 5.11 Å². The van der Waals surface area contributed by atoms with Crippen LogP contribution in [0.3, 0.4) is 0 Å². The van der Waals surface area contributed by atoms with Gasteiger partial charge in [-0.15, -0.1) is 0 Å². The molecule has 0 atom stereocenters. The average molecular weight is 873 g/mol. The highest BCUT2D eigenvalue weighted by Crippen LogP contribution is 2.46. The fourth-order valence-electron chi connectivity index (χ4n) is 9.07. The van der Waals surface area contributed by atoms with Crippen LogP contribution in [0, 0.1) is 6.92 Å². The number of hydrogen-bond acceptors (Lipinski definition) is 3. The van der Waals surface area contributed by atoms with Gasteiger partial charge in [0, 0.05) is 28.4 Å². The second kappa shape index (κ2) is 17.2. The van der Waals surface area contributed by atoms with Gasteiger partial charge in [0.2, 0.25) is 0 Å². The fourth-order valence-corrected chi connectivity index (χ4v) is 9.07. The van der Waals surface area contributed by atoms with E-state index in [-0.39, 0.29) is 34.8 Å². The molecule has 8 aromatic carbocycles. The van der Waals surface area contributed by atoms with Crippen LogP contribution < -0.4 is 0 Å². The number of phenols is 1. The van der Waals surface area contributed by atoms with Crippen molar-refractivity contribution in [2.24, 2.45) is 0 Å². The number of para-hydroxylation sites is 1. The largest absolute Gasteiger partial charge is 0.507 e. The number of hydrogen-bond donors (Lipinski definition) is 1. The van der Waals surface area contributed by atoms with Crippen molar-refractivity contribution in [1.29, 1.82) is 0 Å². The fraction of sp³-hybridized carbons (Fsp3) is 0.143. The summed E-state index contributed by atoms with van der Waals surface area (Å²) in [5.74, 6) is 0.792. The Morgan fingerprint density at radius 3 is 1.78 bits per heavy atom. The number of rotatable bonds is 8. The topological polar surface area (TPSA) is 50.9 Å². The van der Waals surface area contributed by atoms with Gasteiger partial charge in [-0.1, -0.05) is 187 Å². The molecule has 0 spiro atoms. The van der Waals surface area contributed by atoms with Crippen molar-refractivity contribution in [3.8, 4) is 89.7 Å². The number of imidazole rings is 1. The maximum absolute atomic E-state index is 12.6. The molecule has 0 radical (unpaired) electrons. The van der Waals surface area contributed by atoms with Crippen LogP contribution in [-0.2, 0) is 10.8 Å². The number of pyridine rings is 1. The zero-order valence-electron chi connectivity index (χ0n) is 42.1. The molecule has 10 rings (SSSR count). The Kier molecular flexibility index (Phi) is 10.1. The van der Waals surface area contributed by atoms with E-state index < -0.39 is 0 Å². The van der Waals surface area contributed by atoms with E-state index in [9.17, 15) is 6.48 Å². The Morgan fingerprint density at radius 1 is 0.493 bits per heavy atom. The molecular formula is C63H55N3O. The molecule has 67 heavy (non-hydrogen) atoms. The molecule has 0 amide bonds. The third-order valence-electron chi connectivity index (χ3n) is 12.7. The summed E-state index contributed by atoms with van der Waals surface area (Å²) >= 11 is 0. The number of fused-ring (bicyclic) bond motifs is 1. The molecule has 0 aliphatic carbocycles. The number of aromatic nitrogens is 3. The number of aromatic hydroxyl groups is 1. The number of phenolic OH excluding ortho intramolecular Hbond substituents is 1. The van der Waals surface area contributed by atoms with E-state index in [4.69, 9.17) is 7.73 Å². The first-order chi connectivity index (χ1) is 33.5. The predicted octanol–water partition coefficient (Wildman–Crippen LogP) is 16.7. The van der Waals surface area contributed by atoms with Gasteiger partial charge in [0.25, 0.3) is 0 Å². The summed E-state index contributed by atoms with van der Waals surface area (Å²) in [4.78, 5) is 10.3. The van der Waals surface area contributed by atoms with Crippen LogP contribution in [0.25, 0.3) is 95.0 Å². The lowest BCUT2D eigenvalue weighted by Crippen LogP contribution is -2.17. The SMILES string of the molecule is [2H]c1nc(-c2cc(-c3ccccc3)cc(-c3cccc4c3nc(-c3cc(C(C)(C)C)cc(C(C)(C)C)c3O)n4-c3ccc(-c4ccccc4)cc3-c3ccccc3)c2)c([2H])c(-c2cccc(C)c2)c1[2H]. The number of benzene rings is 8. The smallest absolute Gasteiger partial charge is 0.149 e. The van der Waals surface area contributed by atoms with Gasteiger partial charge in [0.1, 0.15) is 11.6 Å². The molecule has 2 aromatic heterocycles. The predicted molar refractivity (Wildman–Crippen MR) is 281 cm³/mol. The normalized spacial score (nSPS) is 12.5. The summed E-state index contributed by atoms with van der Waals surface area (Å²) < 4.78 is 29.7. The minimum atomic E-state index is -0.385. The molecule has 0 aliphatic heterocycles. The van der Waals surface area contributed by atoms with E-state index in [0.717, 1.165) is 77.9 Å². The lowest BCUT2D eigenvalue weighted by atomic mass is 9.79. The van der Waals surface area contributed by atoms with Crippen molar-refractivity contribution in [3.05, 3.63) is 217 Å². The monoisotopic (exact) mass is 872 g/mol. The second-order valence-corrected chi connectivity index (χ2v) is 19.6. The molecule has 4 nitrogen and oxygen atoms in total. The third-order valence-corrected chi connectivity index (χ3v) is 12.7. The van der Waals surface area contributed by atoms with Gasteiger partial charge in [0.15, 0.2) is 0 Å². The van der Waals surface area contributed by atoms with E-state index >= 15 is 0 Å². The van der Waals surface area contributed by atoms with Crippen LogP contribution in [0.2, 0.25) is 0 Å². The molecule has 0 saturated heterocycles.